The molecule has 0 bridgehead atoms. The zero-order valence-electron chi connectivity index (χ0n) is 13.5. The molecule has 0 unspecified atom stereocenters. The molecule has 0 saturated heterocycles. The summed E-state index contributed by atoms with van der Waals surface area (Å²) in [6.45, 7) is 4.72. The van der Waals surface area contributed by atoms with Gasteiger partial charge in [0.1, 0.15) is 11.6 Å². The van der Waals surface area contributed by atoms with Gasteiger partial charge in [-0.2, -0.15) is 0 Å². The average Bonchev–Trinajstić information content (AvgIpc) is 2.76. The number of rotatable bonds is 0. The van der Waals surface area contributed by atoms with Crippen molar-refractivity contribution in [3.63, 3.8) is 0 Å². The second-order valence-corrected chi connectivity index (χ2v) is 8.82. The van der Waals surface area contributed by atoms with Gasteiger partial charge in [0, 0.05) is 24.7 Å². The largest absolute Gasteiger partial charge is 0.300 e. The Kier molecular flexibility index (Phi) is 2.94. The van der Waals surface area contributed by atoms with Crippen LogP contribution in [0.25, 0.3) is 0 Å². The first-order valence-electron chi connectivity index (χ1n) is 9.00. The van der Waals surface area contributed by atoms with Gasteiger partial charge in [-0.3, -0.25) is 9.59 Å². The van der Waals surface area contributed by atoms with Gasteiger partial charge in [0.15, 0.2) is 0 Å². The molecule has 4 rings (SSSR count). The number of Topliss-reactive ketones (excluding diaryl/α,β-unsaturated/α-hetero) is 2. The molecule has 2 nitrogen and oxygen atoms in total. The standard InChI is InChI=1S/C19H28O2/c1-18-9-7-13(20)11-12(18)3-4-14-15-5-6-17(21)19(15,2)10-8-16(14)18/h12,14-16H,3-11H2,1-2H3/t12-,14+,15-,16+,18+,19+/m1/s1. The van der Waals surface area contributed by atoms with Crippen molar-refractivity contribution >= 4 is 11.6 Å². The van der Waals surface area contributed by atoms with Gasteiger partial charge >= 0.3 is 0 Å². The minimum absolute atomic E-state index is 0.00511. The Morgan fingerprint density at radius 3 is 2.52 bits per heavy atom. The fourth-order valence-electron chi connectivity index (χ4n) is 6.82. The molecule has 0 amide bonds. The molecule has 0 heterocycles. The van der Waals surface area contributed by atoms with Crippen molar-refractivity contribution in [2.24, 2.45) is 34.5 Å². The molecule has 0 N–H and O–H groups in total. The van der Waals surface area contributed by atoms with Crippen LogP contribution in [0.1, 0.15) is 71.6 Å². The summed E-state index contributed by atoms with van der Waals surface area (Å²) in [4.78, 5) is 24.2. The number of carbonyl (C=O) groups excluding carboxylic acids is 2. The first-order chi connectivity index (χ1) is 9.95. The van der Waals surface area contributed by atoms with E-state index in [2.05, 4.69) is 13.8 Å². The van der Waals surface area contributed by atoms with E-state index in [1.165, 1.54) is 19.3 Å². The van der Waals surface area contributed by atoms with Crippen LogP contribution < -0.4 is 0 Å². The number of fused-ring (bicyclic) bond motifs is 5. The van der Waals surface area contributed by atoms with Gasteiger partial charge in [-0.05, 0) is 67.6 Å². The van der Waals surface area contributed by atoms with E-state index < -0.39 is 0 Å². The number of carbonyl (C=O) groups is 2. The van der Waals surface area contributed by atoms with Crippen LogP contribution in [0.15, 0.2) is 0 Å². The molecule has 0 aromatic carbocycles. The van der Waals surface area contributed by atoms with Gasteiger partial charge in [-0.25, -0.2) is 0 Å². The van der Waals surface area contributed by atoms with E-state index in [0.29, 0.717) is 28.8 Å². The molecule has 6 atom stereocenters. The zero-order chi connectivity index (χ0) is 14.8. The number of ketones is 2. The summed E-state index contributed by atoms with van der Waals surface area (Å²) >= 11 is 0. The molecule has 0 spiro atoms. The summed E-state index contributed by atoms with van der Waals surface area (Å²) in [6.07, 6.45) is 9.53. The second-order valence-electron chi connectivity index (χ2n) is 8.82. The highest BCUT2D eigenvalue weighted by atomic mass is 16.1. The molecule has 4 fully saturated rings. The van der Waals surface area contributed by atoms with Gasteiger partial charge in [-0.15, -0.1) is 0 Å². The Balaban J connectivity index is 1.65. The van der Waals surface area contributed by atoms with Gasteiger partial charge < -0.3 is 0 Å². The Bertz CT molecular complexity index is 496. The predicted octanol–water partition coefficient (Wildman–Crippen LogP) is 4.17. The van der Waals surface area contributed by atoms with E-state index in [1.54, 1.807) is 0 Å². The molecular formula is C19H28O2. The molecule has 0 aromatic rings. The fourth-order valence-corrected chi connectivity index (χ4v) is 6.82. The Labute approximate surface area is 128 Å². The van der Waals surface area contributed by atoms with Crippen LogP contribution in [0.3, 0.4) is 0 Å². The average molecular weight is 288 g/mol. The van der Waals surface area contributed by atoms with Crippen molar-refractivity contribution in [3.05, 3.63) is 0 Å². The van der Waals surface area contributed by atoms with Crippen molar-refractivity contribution in [3.8, 4) is 0 Å². The summed E-state index contributed by atoms with van der Waals surface area (Å²) in [5, 5.41) is 0. The minimum atomic E-state index is -0.00511. The van der Waals surface area contributed by atoms with E-state index >= 15 is 0 Å². The maximum atomic E-state index is 12.4. The molecule has 0 aliphatic heterocycles. The molecular weight excluding hydrogens is 260 g/mol. The van der Waals surface area contributed by atoms with Gasteiger partial charge in [-0.1, -0.05) is 13.8 Å². The van der Waals surface area contributed by atoms with Crippen LogP contribution in [0.4, 0.5) is 0 Å². The van der Waals surface area contributed by atoms with Crippen LogP contribution in [0, 0.1) is 34.5 Å². The molecule has 0 radical (unpaired) electrons. The molecule has 4 saturated carbocycles. The zero-order valence-corrected chi connectivity index (χ0v) is 13.5. The van der Waals surface area contributed by atoms with Crippen molar-refractivity contribution in [1.82, 2.24) is 0 Å². The lowest BCUT2D eigenvalue weighted by atomic mass is 9.45. The van der Waals surface area contributed by atoms with E-state index in [4.69, 9.17) is 0 Å². The van der Waals surface area contributed by atoms with Crippen LogP contribution in [0.5, 0.6) is 0 Å². The summed E-state index contributed by atoms with van der Waals surface area (Å²) in [7, 11) is 0. The topological polar surface area (TPSA) is 34.1 Å². The Hall–Kier alpha value is -0.660. The van der Waals surface area contributed by atoms with E-state index in [0.717, 1.165) is 50.4 Å². The van der Waals surface area contributed by atoms with Crippen LogP contribution >= 0.6 is 0 Å². The van der Waals surface area contributed by atoms with E-state index in [1.807, 2.05) is 0 Å². The third-order valence-electron chi connectivity index (χ3n) is 8.19. The van der Waals surface area contributed by atoms with Gasteiger partial charge in [0.2, 0.25) is 0 Å². The molecule has 116 valence electrons. The lowest BCUT2D eigenvalue weighted by Gasteiger charge is -2.59. The number of hydrogen-bond donors (Lipinski definition) is 0. The van der Waals surface area contributed by atoms with Crippen LogP contribution in [-0.4, -0.2) is 11.6 Å². The highest BCUT2D eigenvalue weighted by Crippen LogP contribution is 2.65. The molecule has 2 heteroatoms. The number of hydrogen-bond acceptors (Lipinski definition) is 2. The summed E-state index contributed by atoms with van der Waals surface area (Å²) in [6, 6.07) is 0. The smallest absolute Gasteiger partial charge is 0.139 e. The monoisotopic (exact) mass is 288 g/mol. The molecule has 0 aromatic heterocycles. The summed E-state index contributed by atoms with van der Waals surface area (Å²) < 4.78 is 0. The predicted molar refractivity (Wildman–Crippen MR) is 81.7 cm³/mol. The Morgan fingerprint density at radius 1 is 0.905 bits per heavy atom. The first kappa shape index (κ1) is 14.0. The molecule has 21 heavy (non-hydrogen) atoms. The van der Waals surface area contributed by atoms with Gasteiger partial charge in [0.05, 0.1) is 0 Å². The fraction of sp³-hybridized carbons (Fsp3) is 0.895. The maximum Gasteiger partial charge on any atom is 0.139 e. The lowest BCUT2D eigenvalue weighted by Crippen LogP contribution is -2.53. The molecule has 4 aliphatic carbocycles. The highest BCUT2D eigenvalue weighted by Gasteiger charge is 2.60. The normalized spacial score (nSPS) is 53.0. The maximum absolute atomic E-state index is 12.4. The van der Waals surface area contributed by atoms with Crippen molar-refractivity contribution in [1.29, 1.82) is 0 Å². The van der Waals surface area contributed by atoms with Crippen LogP contribution in [0.2, 0.25) is 0 Å². The van der Waals surface area contributed by atoms with Crippen molar-refractivity contribution in [2.75, 3.05) is 0 Å². The van der Waals surface area contributed by atoms with E-state index in [9.17, 15) is 9.59 Å². The van der Waals surface area contributed by atoms with Gasteiger partial charge in [0.25, 0.3) is 0 Å². The lowest BCUT2D eigenvalue weighted by molar-refractivity contribution is -0.144. The van der Waals surface area contributed by atoms with E-state index in [-0.39, 0.29) is 5.41 Å². The quantitative estimate of drug-likeness (QED) is 0.670. The summed E-state index contributed by atoms with van der Waals surface area (Å²) in [5.74, 6) is 3.82. The third-order valence-corrected chi connectivity index (χ3v) is 8.19. The van der Waals surface area contributed by atoms with Crippen molar-refractivity contribution in [2.45, 2.75) is 71.6 Å². The van der Waals surface area contributed by atoms with Crippen LogP contribution in [-0.2, 0) is 9.59 Å². The van der Waals surface area contributed by atoms with Crippen molar-refractivity contribution < 1.29 is 9.59 Å². The highest BCUT2D eigenvalue weighted by molar-refractivity contribution is 5.87. The summed E-state index contributed by atoms with van der Waals surface area (Å²) in [5.41, 5.74) is 0.374. The molecule has 4 aliphatic rings. The SMILES string of the molecule is C[C@]12CCC(=O)C[C@H]1CC[C@H]1[C@H]3CCC(=O)[C@@]3(C)CC[C@@H]12. The minimum Gasteiger partial charge on any atom is -0.300 e. The first-order valence-corrected chi connectivity index (χ1v) is 9.00. The second kappa shape index (κ2) is 4.43. The Morgan fingerprint density at radius 2 is 1.71 bits per heavy atom. The third kappa shape index (κ3) is 1.77.